The monoisotopic (exact) mass is 315 g/mol. The molecule has 24 heavy (non-hydrogen) atoms. The molecule has 3 aromatic carbocycles. The molecule has 0 aliphatic carbocycles. The normalized spacial score (nSPS) is 11.2. The number of aryl methyl sites for hydroxylation is 1. The zero-order valence-electron chi connectivity index (χ0n) is 13.9. The van der Waals surface area contributed by atoms with Gasteiger partial charge in [-0.2, -0.15) is 0 Å². The lowest BCUT2D eigenvalue weighted by Gasteiger charge is -2.11. The van der Waals surface area contributed by atoms with Gasteiger partial charge >= 0.3 is 0 Å². The zero-order chi connectivity index (χ0) is 16.4. The minimum atomic E-state index is 0.772. The van der Waals surface area contributed by atoms with Crippen LogP contribution in [0.2, 0.25) is 0 Å². The molecular weight excluding hydrogens is 294 g/mol. The van der Waals surface area contributed by atoms with Gasteiger partial charge in [-0.1, -0.05) is 61.5 Å². The van der Waals surface area contributed by atoms with Crippen LogP contribution < -0.4 is 5.32 Å². The van der Waals surface area contributed by atoms with Crippen molar-refractivity contribution >= 4 is 27.8 Å². The van der Waals surface area contributed by atoms with Crippen LogP contribution in [0.5, 0.6) is 0 Å². The van der Waals surface area contributed by atoms with Crippen LogP contribution in [0, 0.1) is 0 Å². The molecule has 0 aliphatic heterocycles. The number of para-hydroxylation sites is 2. The summed E-state index contributed by atoms with van der Waals surface area (Å²) in [5, 5.41) is 6.12. The summed E-state index contributed by atoms with van der Waals surface area (Å²) in [6.07, 6.45) is 1.09. The van der Waals surface area contributed by atoms with Crippen molar-refractivity contribution in [3.8, 4) is 0 Å². The van der Waals surface area contributed by atoms with Crippen molar-refractivity contribution in [2.75, 3.05) is 5.32 Å². The van der Waals surface area contributed by atoms with Crippen LogP contribution in [-0.2, 0) is 13.1 Å². The van der Waals surface area contributed by atoms with Gasteiger partial charge in [-0.15, -0.1) is 0 Å². The first-order chi connectivity index (χ1) is 11.9. The smallest absolute Gasteiger partial charge is 0.204 e. The molecule has 0 fully saturated rings. The molecule has 0 spiro atoms. The third-order valence-corrected chi connectivity index (χ3v) is 4.42. The predicted octanol–water partition coefficient (Wildman–Crippen LogP) is 5.21. The number of imidazole rings is 1. The molecule has 4 aromatic rings. The van der Waals surface area contributed by atoms with E-state index in [1.54, 1.807) is 0 Å². The maximum absolute atomic E-state index is 4.78. The molecule has 3 nitrogen and oxygen atoms in total. The average molecular weight is 315 g/mol. The third kappa shape index (κ3) is 2.62. The van der Waals surface area contributed by atoms with Gasteiger partial charge < -0.3 is 9.88 Å². The number of anilines is 1. The Hall–Kier alpha value is -2.81. The van der Waals surface area contributed by atoms with Crippen LogP contribution in [0.25, 0.3) is 21.8 Å². The van der Waals surface area contributed by atoms with E-state index >= 15 is 0 Å². The van der Waals surface area contributed by atoms with Gasteiger partial charge in [0.15, 0.2) is 0 Å². The summed E-state index contributed by atoms with van der Waals surface area (Å²) in [5.74, 6) is 0.950. The average Bonchev–Trinajstić information content (AvgIpc) is 2.98. The lowest BCUT2D eigenvalue weighted by atomic mass is 10.0. The van der Waals surface area contributed by atoms with E-state index in [0.29, 0.717) is 0 Å². The van der Waals surface area contributed by atoms with Crippen molar-refractivity contribution < 1.29 is 0 Å². The Kier molecular flexibility index (Phi) is 3.91. The van der Waals surface area contributed by atoms with E-state index in [9.17, 15) is 0 Å². The second-order valence-corrected chi connectivity index (χ2v) is 6.07. The Morgan fingerprint density at radius 3 is 2.62 bits per heavy atom. The number of nitrogens with zero attached hydrogens (tertiary/aromatic N) is 2. The molecule has 1 N–H and O–H groups in total. The molecule has 120 valence electrons. The van der Waals surface area contributed by atoms with Gasteiger partial charge in [0.1, 0.15) is 0 Å². The molecule has 1 heterocycles. The van der Waals surface area contributed by atoms with Gasteiger partial charge in [-0.05, 0) is 34.9 Å². The van der Waals surface area contributed by atoms with Crippen LogP contribution in [-0.4, -0.2) is 9.55 Å². The highest BCUT2D eigenvalue weighted by Crippen LogP contribution is 2.23. The summed E-state index contributed by atoms with van der Waals surface area (Å²) in [4.78, 5) is 4.78. The van der Waals surface area contributed by atoms with Gasteiger partial charge in [0.25, 0.3) is 0 Å². The summed E-state index contributed by atoms with van der Waals surface area (Å²) >= 11 is 0. The van der Waals surface area contributed by atoms with E-state index in [4.69, 9.17) is 4.98 Å². The van der Waals surface area contributed by atoms with E-state index in [2.05, 4.69) is 77.5 Å². The van der Waals surface area contributed by atoms with Crippen molar-refractivity contribution in [1.82, 2.24) is 9.55 Å². The van der Waals surface area contributed by atoms with Crippen LogP contribution in [0.1, 0.15) is 18.9 Å². The van der Waals surface area contributed by atoms with E-state index in [0.717, 1.165) is 31.0 Å². The highest BCUT2D eigenvalue weighted by Gasteiger charge is 2.09. The summed E-state index contributed by atoms with van der Waals surface area (Å²) < 4.78 is 2.28. The Morgan fingerprint density at radius 2 is 1.71 bits per heavy atom. The molecule has 4 rings (SSSR count). The van der Waals surface area contributed by atoms with Crippen molar-refractivity contribution in [2.45, 2.75) is 26.4 Å². The first-order valence-corrected chi connectivity index (χ1v) is 8.52. The molecule has 0 radical (unpaired) electrons. The van der Waals surface area contributed by atoms with Crippen molar-refractivity contribution in [2.24, 2.45) is 0 Å². The highest BCUT2D eigenvalue weighted by atomic mass is 15.2. The standard InChI is InChI=1S/C21H21N3/c1-2-14-24-20-13-6-5-12-19(20)23-21(24)22-15-17-10-7-9-16-8-3-4-11-18(16)17/h3-13H,2,14-15H2,1H3,(H,22,23). The van der Waals surface area contributed by atoms with Crippen LogP contribution >= 0.6 is 0 Å². The molecule has 0 atom stereocenters. The molecule has 0 saturated carbocycles. The number of hydrogen-bond donors (Lipinski definition) is 1. The minimum absolute atomic E-state index is 0.772. The second-order valence-electron chi connectivity index (χ2n) is 6.07. The molecule has 0 bridgehead atoms. The number of benzene rings is 3. The number of hydrogen-bond acceptors (Lipinski definition) is 2. The Morgan fingerprint density at radius 1 is 0.917 bits per heavy atom. The maximum atomic E-state index is 4.78. The number of aromatic nitrogens is 2. The van der Waals surface area contributed by atoms with E-state index in [-0.39, 0.29) is 0 Å². The Bertz CT molecular complexity index is 979. The summed E-state index contributed by atoms with van der Waals surface area (Å²) in [6.45, 7) is 3.94. The van der Waals surface area contributed by atoms with Gasteiger partial charge in [0, 0.05) is 13.1 Å². The second kappa shape index (κ2) is 6.36. The van der Waals surface area contributed by atoms with Gasteiger partial charge in [0.2, 0.25) is 5.95 Å². The molecule has 1 aromatic heterocycles. The Balaban J connectivity index is 1.68. The van der Waals surface area contributed by atoms with Crippen molar-refractivity contribution in [1.29, 1.82) is 0 Å². The minimum Gasteiger partial charge on any atom is -0.352 e. The fourth-order valence-electron chi connectivity index (χ4n) is 3.28. The third-order valence-electron chi connectivity index (χ3n) is 4.42. The largest absolute Gasteiger partial charge is 0.352 e. The Labute approximate surface area is 142 Å². The predicted molar refractivity (Wildman–Crippen MR) is 101 cm³/mol. The van der Waals surface area contributed by atoms with E-state index < -0.39 is 0 Å². The quantitative estimate of drug-likeness (QED) is 0.548. The molecular formula is C21H21N3. The van der Waals surface area contributed by atoms with Crippen molar-refractivity contribution in [3.63, 3.8) is 0 Å². The van der Waals surface area contributed by atoms with Crippen molar-refractivity contribution in [3.05, 3.63) is 72.3 Å². The molecule has 0 unspecified atom stereocenters. The first kappa shape index (κ1) is 14.8. The van der Waals surface area contributed by atoms with Crippen LogP contribution in [0.15, 0.2) is 66.7 Å². The molecule has 0 saturated heterocycles. The SMILES string of the molecule is CCCn1c(NCc2cccc3ccccc23)nc2ccccc21. The lowest BCUT2D eigenvalue weighted by molar-refractivity contribution is 0.700. The number of nitrogens with one attached hydrogen (secondary N) is 1. The van der Waals surface area contributed by atoms with Crippen LogP contribution in [0.4, 0.5) is 5.95 Å². The van der Waals surface area contributed by atoms with Gasteiger partial charge in [0.05, 0.1) is 11.0 Å². The summed E-state index contributed by atoms with van der Waals surface area (Å²) in [6, 6.07) is 23.3. The summed E-state index contributed by atoms with van der Waals surface area (Å²) in [5.41, 5.74) is 3.54. The maximum Gasteiger partial charge on any atom is 0.204 e. The van der Waals surface area contributed by atoms with Gasteiger partial charge in [-0.25, -0.2) is 4.98 Å². The topological polar surface area (TPSA) is 29.9 Å². The van der Waals surface area contributed by atoms with Gasteiger partial charge in [-0.3, -0.25) is 0 Å². The summed E-state index contributed by atoms with van der Waals surface area (Å²) in [7, 11) is 0. The zero-order valence-corrected chi connectivity index (χ0v) is 13.9. The van der Waals surface area contributed by atoms with Crippen LogP contribution in [0.3, 0.4) is 0 Å². The number of rotatable bonds is 5. The highest BCUT2D eigenvalue weighted by molar-refractivity contribution is 5.86. The molecule has 0 amide bonds. The fraction of sp³-hybridized carbons (Fsp3) is 0.190. The molecule has 3 heteroatoms. The van der Waals surface area contributed by atoms with E-state index in [1.807, 2.05) is 6.07 Å². The number of fused-ring (bicyclic) bond motifs is 2. The lowest BCUT2D eigenvalue weighted by Crippen LogP contribution is -2.08. The molecule has 0 aliphatic rings. The van der Waals surface area contributed by atoms with E-state index in [1.165, 1.54) is 21.9 Å². The fourth-order valence-corrected chi connectivity index (χ4v) is 3.28. The first-order valence-electron chi connectivity index (χ1n) is 8.52.